The fourth-order valence-corrected chi connectivity index (χ4v) is 1.88. The molecular weight excluding hydrogens is 303 g/mol. The number of halogens is 2. The van der Waals surface area contributed by atoms with Gasteiger partial charge in [0, 0.05) is 0 Å². The normalized spacial score (nSPS) is 10.2. The molecule has 0 saturated heterocycles. The van der Waals surface area contributed by atoms with Gasteiger partial charge in [-0.1, -0.05) is 23.2 Å². The first-order valence-electron chi connectivity index (χ1n) is 5.52. The summed E-state index contributed by atoms with van der Waals surface area (Å²) in [7, 11) is 2.85. The predicted molar refractivity (Wildman–Crippen MR) is 75.0 cm³/mol. The quantitative estimate of drug-likeness (QED) is 0.812. The summed E-state index contributed by atoms with van der Waals surface area (Å²) in [6, 6.07) is 6.06. The third kappa shape index (κ3) is 2.84. The molecule has 0 N–H and O–H groups in total. The van der Waals surface area contributed by atoms with Gasteiger partial charge in [-0.25, -0.2) is 9.97 Å². The molecule has 2 aromatic heterocycles. The Labute approximate surface area is 125 Å². The molecule has 0 fully saturated rings. The molecule has 2 aromatic rings. The van der Waals surface area contributed by atoms with E-state index in [4.69, 9.17) is 32.7 Å². The van der Waals surface area contributed by atoms with Gasteiger partial charge in [0.15, 0.2) is 0 Å². The van der Waals surface area contributed by atoms with E-state index >= 15 is 0 Å². The zero-order chi connectivity index (χ0) is 14.7. The van der Waals surface area contributed by atoms with Crippen molar-refractivity contribution < 1.29 is 14.3 Å². The number of methoxy groups -OCH3 is 2. The van der Waals surface area contributed by atoms with Crippen molar-refractivity contribution in [3.63, 3.8) is 0 Å². The predicted octanol–water partition coefficient (Wildman–Crippen LogP) is 3.03. The smallest absolute Gasteiger partial charge is 0.232 e. The summed E-state index contributed by atoms with van der Waals surface area (Å²) in [5.74, 6) is -0.0215. The van der Waals surface area contributed by atoms with Gasteiger partial charge in [-0.2, -0.15) is 0 Å². The van der Waals surface area contributed by atoms with Gasteiger partial charge >= 0.3 is 0 Å². The number of carbonyl (C=O) groups excluding carboxylic acids is 1. The highest BCUT2D eigenvalue weighted by Gasteiger charge is 2.16. The minimum absolute atomic E-state index is 0.170. The summed E-state index contributed by atoms with van der Waals surface area (Å²) >= 11 is 11.7. The number of rotatable bonds is 4. The monoisotopic (exact) mass is 312 g/mol. The first kappa shape index (κ1) is 14.6. The minimum atomic E-state index is -0.380. The zero-order valence-electron chi connectivity index (χ0n) is 10.7. The van der Waals surface area contributed by atoms with Crippen LogP contribution >= 0.6 is 23.2 Å². The van der Waals surface area contributed by atoms with Gasteiger partial charge < -0.3 is 9.47 Å². The maximum atomic E-state index is 12.3. The number of nitrogens with zero attached hydrogens (tertiary/aromatic N) is 2. The van der Waals surface area contributed by atoms with Gasteiger partial charge in [0.25, 0.3) is 0 Å². The van der Waals surface area contributed by atoms with Gasteiger partial charge in [-0.15, -0.1) is 0 Å². The van der Waals surface area contributed by atoms with Crippen molar-refractivity contribution >= 4 is 29.0 Å². The summed E-state index contributed by atoms with van der Waals surface area (Å²) in [5.41, 5.74) is 0.339. The number of hydrogen-bond acceptors (Lipinski definition) is 5. The van der Waals surface area contributed by atoms with E-state index in [9.17, 15) is 4.79 Å². The number of ketones is 1. The average molecular weight is 313 g/mol. The van der Waals surface area contributed by atoms with Crippen molar-refractivity contribution in [3.05, 3.63) is 45.7 Å². The maximum absolute atomic E-state index is 12.3. The summed E-state index contributed by atoms with van der Waals surface area (Å²) in [5, 5.41) is 0.649. The Morgan fingerprint density at radius 3 is 1.65 bits per heavy atom. The molecule has 2 rings (SSSR count). The Hall–Kier alpha value is -1.85. The minimum Gasteiger partial charge on any atom is -0.480 e. The van der Waals surface area contributed by atoms with E-state index in [0.717, 1.165) is 0 Å². The third-order valence-corrected chi connectivity index (χ3v) is 3.05. The van der Waals surface area contributed by atoms with Crippen molar-refractivity contribution in [2.75, 3.05) is 14.2 Å². The van der Waals surface area contributed by atoms with Crippen LogP contribution in [0.1, 0.15) is 16.2 Å². The molecule has 0 saturated carbocycles. The van der Waals surface area contributed by atoms with Gasteiger partial charge in [0.1, 0.15) is 21.4 Å². The van der Waals surface area contributed by atoms with Crippen molar-refractivity contribution in [2.45, 2.75) is 0 Å². The lowest BCUT2D eigenvalue weighted by Gasteiger charge is -2.06. The molecule has 20 heavy (non-hydrogen) atoms. The van der Waals surface area contributed by atoms with Crippen LogP contribution in [0.5, 0.6) is 11.8 Å². The molecule has 0 aromatic carbocycles. The largest absolute Gasteiger partial charge is 0.480 e. The van der Waals surface area contributed by atoms with Crippen LogP contribution in [0.3, 0.4) is 0 Å². The van der Waals surface area contributed by atoms with Crippen LogP contribution in [0.2, 0.25) is 10.0 Å². The number of pyridine rings is 2. The van der Waals surface area contributed by atoms with E-state index in [1.165, 1.54) is 38.5 Å². The number of carbonyl (C=O) groups is 1. The molecule has 5 nitrogen and oxygen atoms in total. The maximum Gasteiger partial charge on any atom is 0.232 e. The lowest BCUT2D eigenvalue weighted by molar-refractivity contribution is 0.102. The Kier molecular flexibility index (Phi) is 4.42. The fourth-order valence-electron chi connectivity index (χ4n) is 1.52. The number of ether oxygens (including phenoxy) is 2. The average Bonchev–Trinajstić information content (AvgIpc) is 2.47. The van der Waals surface area contributed by atoms with E-state index in [0.29, 0.717) is 10.0 Å². The first-order chi connectivity index (χ1) is 9.56. The van der Waals surface area contributed by atoms with E-state index in [-0.39, 0.29) is 28.9 Å². The molecule has 0 aliphatic heterocycles. The fraction of sp³-hybridized carbons (Fsp3) is 0.154. The van der Waals surface area contributed by atoms with Gasteiger partial charge in [0.05, 0.1) is 14.2 Å². The Bertz CT molecular complexity index is 607. The number of hydrogen-bond donors (Lipinski definition) is 0. The number of aromatic nitrogens is 2. The van der Waals surface area contributed by atoms with Crippen molar-refractivity contribution in [1.29, 1.82) is 0 Å². The second-order valence-corrected chi connectivity index (χ2v) is 4.52. The highest BCUT2D eigenvalue weighted by atomic mass is 35.5. The zero-order valence-corrected chi connectivity index (χ0v) is 12.2. The van der Waals surface area contributed by atoms with E-state index in [1.54, 1.807) is 0 Å². The molecule has 0 atom stereocenters. The molecule has 0 spiro atoms. The van der Waals surface area contributed by atoms with Crippen molar-refractivity contribution in [2.24, 2.45) is 0 Å². The molecule has 2 heterocycles. The van der Waals surface area contributed by atoms with E-state index < -0.39 is 0 Å². The van der Waals surface area contributed by atoms with Gasteiger partial charge in [-0.05, 0) is 24.3 Å². The Balaban J connectivity index is 2.41. The molecule has 0 bridgehead atoms. The van der Waals surface area contributed by atoms with Gasteiger partial charge in [0.2, 0.25) is 17.5 Å². The van der Waals surface area contributed by atoms with Crippen LogP contribution in [0.4, 0.5) is 0 Å². The molecule has 0 unspecified atom stereocenters. The van der Waals surface area contributed by atoms with Crippen LogP contribution in [-0.2, 0) is 0 Å². The molecule has 0 aliphatic carbocycles. The lowest BCUT2D eigenvalue weighted by Crippen LogP contribution is -2.08. The molecule has 104 valence electrons. The SMILES string of the molecule is COc1nc(C(=O)c2ccc(Cl)c(OC)n2)ccc1Cl. The summed E-state index contributed by atoms with van der Waals surface area (Å²) in [6.07, 6.45) is 0. The van der Waals surface area contributed by atoms with E-state index in [1.807, 2.05) is 0 Å². The van der Waals surface area contributed by atoms with E-state index in [2.05, 4.69) is 9.97 Å². The van der Waals surface area contributed by atoms with Crippen molar-refractivity contribution in [3.8, 4) is 11.8 Å². The van der Waals surface area contributed by atoms with Gasteiger partial charge in [-0.3, -0.25) is 4.79 Å². The second-order valence-electron chi connectivity index (χ2n) is 3.70. The molecule has 0 aliphatic rings. The summed E-state index contributed by atoms with van der Waals surface area (Å²) < 4.78 is 9.95. The Morgan fingerprint density at radius 2 is 1.30 bits per heavy atom. The standard InChI is InChI=1S/C13H10Cl2N2O3/c1-19-12-7(14)3-5-9(16-12)11(18)10-6-4-8(15)13(17-10)20-2/h3-6H,1-2H3. The van der Waals surface area contributed by atoms with Crippen LogP contribution in [-0.4, -0.2) is 30.0 Å². The van der Waals surface area contributed by atoms with Crippen molar-refractivity contribution in [1.82, 2.24) is 9.97 Å². The third-order valence-electron chi connectivity index (χ3n) is 2.48. The lowest BCUT2D eigenvalue weighted by atomic mass is 10.2. The summed E-state index contributed by atoms with van der Waals surface area (Å²) in [4.78, 5) is 20.3. The molecule has 7 heteroatoms. The van der Waals surface area contributed by atoms with Crippen LogP contribution in [0.15, 0.2) is 24.3 Å². The molecule has 0 amide bonds. The Morgan fingerprint density at radius 1 is 0.900 bits per heavy atom. The first-order valence-corrected chi connectivity index (χ1v) is 6.28. The molecule has 0 radical (unpaired) electrons. The topological polar surface area (TPSA) is 61.3 Å². The van der Waals surface area contributed by atoms with Crippen LogP contribution < -0.4 is 9.47 Å². The highest BCUT2D eigenvalue weighted by molar-refractivity contribution is 6.32. The second kappa shape index (κ2) is 6.07. The van der Waals surface area contributed by atoms with Crippen LogP contribution in [0.25, 0.3) is 0 Å². The molecular formula is C13H10Cl2N2O3. The highest BCUT2D eigenvalue weighted by Crippen LogP contribution is 2.24. The summed E-state index contributed by atoms with van der Waals surface area (Å²) in [6.45, 7) is 0. The van der Waals surface area contributed by atoms with Crippen LogP contribution in [0, 0.1) is 0 Å².